The van der Waals surface area contributed by atoms with Gasteiger partial charge in [0.05, 0.1) is 6.54 Å². The van der Waals surface area contributed by atoms with Crippen LogP contribution < -0.4 is 5.32 Å². The van der Waals surface area contributed by atoms with Crippen LogP contribution >= 0.6 is 0 Å². The Balaban J connectivity index is 2.40. The zero-order valence-electron chi connectivity index (χ0n) is 13.8. The van der Waals surface area contributed by atoms with Crippen molar-refractivity contribution in [2.24, 2.45) is 0 Å². The molecule has 1 heterocycles. The number of carbonyl (C=O) groups excluding carboxylic acids is 1. The highest BCUT2D eigenvalue weighted by Gasteiger charge is 2.22. The van der Waals surface area contributed by atoms with Crippen molar-refractivity contribution < 1.29 is 9.18 Å². The third kappa shape index (κ3) is 3.56. The minimum atomic E-state index is -0.315. The van der Waals surface area contributed by atoms with E-state index in [0.717, 1.165) is 11.3 Å². The maximum Gasteiger partial charge on any atom is 0.268 e. The number of rotatable bonds is 3. The summed E-state index contributed by atoms with van der Waals surface area (Å²) >= 11 is 0. The molecule has 0 saturated heterocycles. The highest BCUT2D eigenvalue weighted by molar-refractivity contribution is 5.94. The Bertz CT molecular complexity index is 696. The largest absolute Gasteiger partial charge is 0.346 e. The first-order valence-corrected chi connectivity index (χ1v) is 7.41. The molecule has 0 aliphatic heterocycles. The van der Waals surface area contributed by atoms with Crippen LogP contribution in [0, 0.1) is 19.7 Å². The molecule has 0 spiro atoms. The van der Waals surface area contributed by atoms with Gasteiger partial charge in [0, 0.05) is 16.8 Å². The first-order valence-electron chi connectivity index (χ1n) is 7.41. The van der Waals surface area contributed by atoms with Crippen LogP contribution in [0.3, 0.4) is 0 Å². The summed E-state index contributed by atoms with van der Waals surface area (Å²) in [4.78, 5) is 12.6. The van der Waals surface area contributed by atoms with Crippen LogP contribution in [-0.2, 0) is 6.54 Å². The van der Waals surface area contributed by atoms with Crippen LogP contribution in [0.4, 0.5) is 4.39 Å². The maximum absolute atomic E-state index is 13.9. The van der Waals surface area contributed by atoms with Crippen molar-refractivity contribution in [2.45, 2.75) is 46.7 Å². The summed E-state index contributed by atoms with van der Waals surface area (Å²) in [6, 6.07) is 8.61. The molecule has 1 aromatic carbocycles. The number of amides is 1. The van der Waals surface area contributed by atoms with Crippen LogP contribution in [-0.4, -0.2) is 16.0 Å². The van der Waals surface area contributed by atoms with Gasteiger partial charge < -0.3 is 9.88 Å². The van der Waals surface area contributed by atoms with Gasteiger partial charge in [-0.15, -0.1) is 0 Å². The fraction of sp³-hybridized carbons (Fsp3) is 0.389. The van der Waals surface area contributed by atoms with Crippen molar-refractivity contribution in [2.75, 3.05) is 0 Å². The van der Waals surface area contributed by atoms with Crippen LogP contribution in [0.1, 0.15) is 48.1 Å². The van der Waals surface area contributed by atoms with Gasteiger partial charge in [-0.05, 0) is 52.3 Å². The minimum absolute atomic E-state index is 0.130. The number of carbonyl (C=O) groups is 1. The van der Waals surface area contributed by atoms with Crippen LogP contribution in [0.2, 0.25) is 0 Å². The highest BCUT2D eigenvalue weighted by Crippen LogP contribution is 2.19. The average molecular weight is 302 g/mol. The van der Waals surface area contributed by atoms with E-state index in [9.17, 15) is 9.18 Å². The molecule has 0 radical (unpaired) electrons. The Morgan fingerprint density at radius 1 is 1.23 bits per heavy atom. The van der Waals surface area contributed by atoms with Gasteiger partial charge in [-0.1, -0.05) is 18.2 Å². The molecule has 0 atom stereocenters. The van der Waals surface area contributed by atoms with E-state index in [1.165, 1.54) is 6.07 Å². The zero-order valence-corrected chi connectivity index (χ0v) is 13.8. The van der Waals surface area contributed by atoms with E-state index in [1.807, 2.05) is 45.3 Å². The lowest BCUT2D eigenvalue weighted by molar-refractivity contribution is 0.0909. The molecule has 1 N–H and O–H groups in total. The normalized spacial score (nSPS) is 11.5. The summed E-state index contributed by atoms with van der Waals surface area (Å²) in [5, 5.41) is 2.98. The third-order valence-corrected chi connectivity index (χ3v) is 3.48. The number of benzene rings is 1. The quantitative estimate of drug-likeness (QED) is 0.919. The molecule has 3 nitrogen and oxygen atoms in total. The summed E-state index contributed by atoms with van der Waals surface area (Å²) in [6.07, 6.45) is 0. The summed E-state index contributed by atoms with van der Waals surface area (Å²) in [7, 11) is 0. The van der Waals surface area contributed by atoms with Crippen molar-refractivity contribution >= 4 is 5.91 Å². The molecule has 4 heteroatoms. The Labute approximate surface area is 131 Å². The van der Waals surface area contributed by atoms with E-state index in [4.69, 9.17) is 0 Å². The molecule has 1 aromatic heterocycles. The van der Waals surface area contributed by atoms with Gasteiger partial charge in [-0.2, -0.15) is 0 Å². The molecule has 0 bridgehead atoms. The highest BCUT2D eigenvalue weighted by atomic mass is 19.1. The van der Waals surface area contributed by atoms with Gasteiger partial charge in [0.1, 0.15) is 11.5 Å². The van der Waals surface area contributed by atoms with Gasteiger partial charge in [0.15, 0.2) is 0 Å². The monoisotopic (exact) mass is 302 g/mol. The summed E-state index contributed by atoms with van der Waals surface area (Å²) < 4.78 is 15.8. The number of aryl methyl sites for hydroxylation is 2. The van der Waals surface area contributed by atoms with Gasteiger partial charge in [-0.25, -0.2) is 4.39 Å². The Morgan fingerprint density at radius 2 is 1.86 bits per heavy atom. The number of nitrogens with one attached hydrogen (secondary N) is 1. The molecule has 0 saturated carbocycles. The van der Waals surface area contributed by atoms with Crippen molar-refractivity contribution in [3.63, 3.8) is 0 Å². The first kappa shape index (κ1) is 16.3. The van der Waals surface area contributed by atoms with Gasteiger partial charge in [-0.3, -0.25) is 4.79 Å². The fourth-order valence-corrected chi connectivity index (χ4v) is 2.55. The minimum Gasteiger partial charge on any atom is -0.346 e. The lowest BCUT2D eigenvalue weighted by Gasteiger charge is -2.22. The van der Waals surface area contributed by atoms with Crippen molar-refractivity contribution in [1.29, 1.82) is 0 Å². The molecule has 2 rings (SSSR count). The van der Waals surface area contributed by atoms with Crippen LogP contribution in [0.15, 0.2) is 30.3 Å². The van der Waals surface area contributed by atoms with Gasteiger partial charge >= 0.3 is 0 Å². The van der Waals surface area contributed by atoms with Crippen LogP contribution in [0.5, 0.6) is 0 Å². The number of halogens is 1. The van der Waals surface area contributed by atoms with E-state index in [-0.39, 0.29) is 17.3 Å². The molecule has 22 heavy (non-hydrogen) atoms. The summed E-state index contributed by atoms with van der Waals surface area (Å²) in [6.45, 7) is 10.0. The lowest BCUT2D eigenvalue weighted by Crippen LogP contribution is -2.41. The van der Waals surface area contributed by atoms with E-state index in [2.05, 4.69) is 5.32 Å². The average Bonchev–Trinajstić information content (AvgIpc) is 2.65. The molecule has 0 aliphatic rings. The molecule has 118 valence electrons. The van der Waals surface area contributed by atoms with Crippen molar-refractivity contribution in [3.8, 4) is 0 Å². The predicted molar refractivity (Wildman–Crippen MR) is 86.6 cm³/mol. The van der Waals surface area contributed by atoms with Crippen molar-refractivity contribution in [1.82, 2.24) is 9.88 Å². The Hall–Kier alpha value is -2.10. The second-order valence-corrected chi connectivity index (χ2v) is 6.70. The molecular weight excluding hydrogens is 279 g/mol. The van der Waals surface area contributed by atoms with E-state index >= 15 is 0 Å². The molecule has 0 fully saturated rings. The van der Waals surface area contributed by atoms with Gasteiger partial charge in [0.25, 0.3) is 5.91 Å². The number of hydrogen-bond donors (Lipinski definition) is 1. The van der Waals surface area contributed by atoms with Crippen molar-refractivity contribution in [3.05, 3.63) is 58.7 Å². The second-order valence-electron chi connectivity index (χ2n) is 6.70. The molecule has 1 amide bonds. The smallest absolute Gasteiger partial charge is 0.268 e. The Morgan fingerprint density at radius 3 is 2.45 bits per heavy atom. The number of aromatic nitrogens is 1. The second kappa shape index (κ2) is 5.95. The van der Waals surface area contributed by atoms with E-state index < -0.39 is 0 Å². The number of hydrogen-bond acceptors (Lipinski definition) is 1. The standard InChI is InChI=1S/C18H23FN2O/c1-12-10-13(2)21(11-14-8-6-7-9-15(14)19)16(12)17(22)20-18(3,4)5/h6-10H,11H2,1-5H3,(H,20,22). The third-order valence-electron chi connectivity index (χ3n) is 3.48. The van der Waals surface area contributed by atoms with Gasteiger partial charge in [0.2, 0.25) is 0 Å². The maximum atomic E-state index is 13.9. The topological polar surface area (TPSA) is 34.0 Å². The summed E-state index contributed by atoms with van der Waals surface area (Å²) in [5.41, 5.74) is 2.70. The lowest BCUT2D eigenvalue weighted by atomic mass is 10.1. The molecule has 2 aromatic rings. The van der Waals surface area contributed by atoms with E-state index in [0.29, 0.717) is 17.8 Å². The Kier molecular flexibility index (Phi) is 4.40. The summed E-state index contributed by atoms with van der Waals surface area (Å²) in [5.74, 6) is -0.384. The molecule has 0 aliphatic carbocycles. The predicted octanol–water partition coefficient (Wildman–Crippen LogP) is 3.82. The molecule has 0 unspecified atom stereocenters. The SMILES string of the molecule is Cc1cc(C)n(Cc2ccccc2F)c1C(=O)NC(C)(C)C. The van der Waals surface area contributed by atoms with E-state index in [1.54, 1.807) is 18.2 Å². The first-order chi connectivity index (χ1) is 10.2. The zero-order chi connectivity index (χ0) is 16.5. The van der Waals surface area contributed by atoms with Crippen LogP contribution in [0.25, 0.3) is 0 Å². The number of nitrogens with zero attached hydrogens (tertiary/aromatic N) is 1. The fourth-order valence-electron chi connectivity index (χ4n) is 2.55. The molecular formula is C18H23FN2O.